The van der Waals surface area contributed by atoms with E-state index >= 15 is 4.39 Å². The third kappa shape index (κ3) is 4.50. The Morgan fingerprint density at radius 2 is 2.02 bits per heavy atom. The molecule has 2 unspecified atom stereocenters. The number of carbonyl (C=O) groups excluding carboxylic acids is 3. The molecule has 0 saturated heterocycles. The molecular weight excluding hydrogens is 569 g/mol. The van der Waals surface area contributed by atoms with Gasteiger partial charge in [-0.3, -0.25) is 14.4 Å². The molecule has 2 amide bonds. The number of aryl methyl sites for hydroxylation is 1. The van der Waals surface area contributed by atoms with Gasteiger partial charge in [0.05, 0.1) is 41.6 Å². The molecule has 11 nitrogen and oxygen atoms in total. The molecule has 0 bridgehead atoms. The predicted molar refractivity (Wildman–Crippen MR) is 159 cm³/mol. The van der Waals surface area contributed by atoms with Crippen molar-refractivity contribution >= 4 is 28.7 Å². The molecule has 3 aliphatic rings. The molecule has 0 saturated carbocycles. The maximum Gasteiger partial charge on any atom is 0.343 e. The van der Waals surface area contributed by atoms with E-state index in [9.17, 15) is 24.3 Å². The highest BCUT2D eigenvalue weighted by atomic mass is 19.1. The Morgan fingerprint density at radius 3 is 2.70 bits per heavy atom. The number of benzene rings is 1. The molecular formula is C32H36FN5O6. The summed E-state index contributed by atoms with van der Waals surface area (Å²) in [7, 11) is 0. The number of fused-ring (bicyclic) bond motifs is 5. The van der Waals surface area contributed by atoms with Crippen molar-refractivity contribution in [2.45, 2.75) is 84.2 Å². The van der Waals surface area contributed by atoms with Gasteiger partial charge in [0.2, 0.25) is 11.8 Å². The molecule has 44 heavy (non-hydrogen) atoms. The molecule has 6 rings (SSSR count). The maximum atomic E-state index is 15.1. The lowest BCUT2D eigenvalue weighted by Crippen LogP contribution is -2.46. The summed E-state index contributed by atoms with van der Waals surface area (Å²) in [6.07, 6.45) is 1.22. The van der Waals surface area contributed by atoms with Gasteiger partial charge in [-0.25, -0.2) is 14.2 Å². The quantitative estimate of drug-likeness (QED) is 0.271. The fourth-order valence-electron chi connectivity index (χ4n) is 6.94. The largest absolute Gasteiger partial charge is 0.458 e. The van der Waals surface area contributed by atoms with Crippen LogP contribution in [0.4, 0.5) is 4.39 Å². The van der Waals surface area contributed by atoms with Crippen LogP contribution in [-0.4, -0.2) is 56.5 Å². The van der Waals surface area contributed by atoms with Gasteiger partial charge in [-0.2, -0.15) is 0 Å². The Bertz CT molecular complexity index is 1820. The molecule has 1 aliphatic carbocycles. The van der Waals surface area contributed by atoms with Gasteiger partial charge in [-0.1, -0.05) is 13.8 Å². The minimum absolute atomic E-state index is 0.00736. The second-order valence-electron chi connectivity index (χ2n) is 12.1. The summed E-state index contributed by atoms with van der Waals surface area (Å²) >= 11 is 0. The van der Waals surface area contributed by atoms with E-state index in [4.69, 9.17) is 15.5 Å². The topological polar surface area (TPSA) is 157 Å². The number of carbonyl (C=O) groups is 3. The van der Waals surface area contributed by atoms with Crippen molar-refractivity contribution in [3.05, 3.63) is 61.7 Å². The number of nitrogens with zero attached hydrogens (tertiary/aromatic N) is 3. The van der Waals surface area contributed by atoms with Crippen LogP contribution in [0.3, 0.4) is 0 Å². The highest BCUT2D eigenvalue weighted by Gasteiger charge is 2.46. The number of aliphatic hydroxyl groups is 1. The Balaban J connectivity index is 1.49. The standard InChI is InChI=1S/C32H36FN5O6/c1-5-26(40)37(11-15(3)34)13-25(39)35-22-8-7-17-16(4)21(33)10-23-27(17)28(22)18-12-38-24(29(18)36-23)9-20-19(30(38)41)14-44-31(42)32(20,43)6-2/h9-10,15,22,43H,5-8,11-14,34H2,1-4H3,(H,35,39)/t15?,22?,32-/m0/s1. The molecule has 4 N–H and O–H groups in total. The van der Waals surface area contributed by atoms with E-state index < -0.39 is 29.0 Å². The monoisotopic (exact) mass is 605 g/mol. The minimum atomic E-state index is -1.98. The van der Waals surface area contributed by atoms with Gasteiger partial charge in [-0.15, -0.1) is 0 Å². The van der Waals surface area contributed by atoms with Crippen molar-refractivity contribution in [3.8, 4) is 11.4 Å². The lowest BCUT2D eigenvalue weighted by atomic mass is 9.81. The van der Waals surface area contributed by atoms with E-state index in [2.05, 4.69) is 5.32 Å². The van der Waals surface area contributed by atoms with Crippen LogP contribution in [0.5, 0.6) is 0 Å². The Labute approximate surface area is 253 Å². The number of aromatic nitrogens is 2. The number of nitrogens with two attached hydrogens (primary N) is 1. The third-order valence-electron chi connectivity index (χ3n) is 9.21. The highest BCUT2D eigenvalue weighted by Crippen LogP contribution is 2.45. The Kier molecular flexibility index (Phi) is 7.32. The molecule has 1 aromatic carbocycles. The second-order valence-corrected chi connectivity index (χ2v) is 12.1. The normalized spacial score (nSPS) is 20.4. The fraction of sp³-hybridized carbons (Fsp3) is 0.469. The van der Waals surface area contributed by atoms with Crippen molar-refractivity contribution in [3.63, 3.8) is 0 Å². The average Bonchev–Trinajstić information content (AvgIpc) is 3.36. The van der Waals surface area contributed by atoms with Crippen LogP contribution in [0.25, 0.3) is 22.3 Å². The number of nitrogens with one attached hydrogen (secondary N) is 1. The molecule has 12 heteroatoms. The molecule has 0 radical (unpaired) electrons. The zero-order chi connectivity index (χ0) is 31.7. The maximum absolute atomic E-state index is 15.1. The van der Waals surface area contributed by atoms with Gasteiger partial charge in [0, 0.05) is 41.6 Å². The summed E-state index contributed by atoms with van der Waals surface area (Å²) in [5, 5.41) is 15.1. The van der Waals surface area contributed by atoms with Crippen LogP contribution in [-0.2, 0) is 44.3 Å². The molecule has 4 heterocycles. The fourth-order valence-corrected chi connectivity index (χ4v) is 6.94. The highest BCUT2D eigenvalue weighted by molar-refractivity contribution is 5.94. The number of pyridine rings is 2. The summed E-state index contributed by atoms with van der Waals surface area (Å²) in [5.41, 5.74) is 7.93. The van der Waals surface area contributed by atoms with E-state index in [1.54, 1.807) is 33.8 Å². The number of halogens is 1. The molecule has 232 valence electrons. The summed E-state index contributed by atoms with van der Waals surface area (Å²) in [6, 6.07) is 2.17. The van der Waals surface area contributed by atoms with Crippen LogP contribution in [0.1, 0.15) is 79.5 Å². The van der Waals surface area contributed by atoms with Gasteiger partial charge >= 0.3 is 5.97 Å². The zero-order valence-corrected chi connectivity index (χ0v) is 25.3. The van der Waals surface area contributed by atoms with E-state index in [1.807, 2.05) is 0 Å². The molecule has 2 aliphatic heterocycles. The number of esters is 1. The van der Waals surface area contributed by atoms with Crippen molar-refractivity contribution in [2.24, 2.45) is 5.73 Å². The van der Waals surface area contributed by atoms with Crippen molar-refractivity contribution in [2.75, 3.05) is 13.1 Å². The number of cyclic esters (lactones) is 1. The van der Waals surface area contributed by atoms with Crippen LogP contribution < -0.4 is 16.6 Å². The van der Waals surface area contributed by atoms with E-state index in [0.717, 1.165) is 16.5 Å². The zero-order valence-electron chi connectivity index (χ0n) is 25.3. The first-order valence-corrected chi connectivity index (χ1v) is 15.0. The second kappa shape index (κ2) is 10.8. The number of amides is 2. The molecule has 2 aromatic heterocycles. The van der Waals surface area contributed by atoms with E-state index in [0.29, 0.717) is 40.9 Å². The first kappa shape index (κ1) is 29.9. The van der Waals surface area contributed by atoms with Gasteiger partial charge in [0.1, 0.15) is 12.4 Å². The lowest BCUT2D eigenvalue weighted by molar-refractivity contribution is -0.172. The smallest absolute Gasteiger partial charge is 0.343 e. The van der Waals surface area contributed by atoms with Crippen molar-refractivity contribution in [1.29, 1.82) is 0 Å². The van der Waals surface area contributed by atoms with Crippen molar-refractivity contribution < 1.29 is 28.6 Å². The van der Waals surface area contributed by atoms with Crippen LogP contribution >= 0.6 is 0 Å². The van der Waals surface area contributed by atoms with Crippen LogP contribution in [0.2, 0.25) is 0 Å². The average molecular weight is 606 g/mol. The first-order chi connectivity index (χ1) is 20.9. The van der Waals surface area contributed by atoms with Gasteiger partial charge in [0.15, 0.2) is 5.60 Å². The summed E-state index contributed by atoms with van der Waals surface area (Å²) in [6.45, 7) is 6.81. The Morgan fingerprint density at radius 1 is 1.27 bits per heavy atom. The van der Waals surface area contributed by atoms with E-state index in [1.165, 1.54) is 15.5 Å². The summed E-state index contributed by atoms with van der Waals surface area (Å²) in [4.78, 5) is 58.6. The van der Waals surface area contributed by atoms with Gasteiger partial charge < -0.3 is 30.4 Å². The SMILES string of the molecule is CCC(=O)N(CC(=O)NC1CCc2c(C)c(F)cc3nc4c(c1c23)Cn1c-4cc2c(c1=O)COC(=O)[C@]2(O)CC)CC(C)N. The van der Waals surface area contributed by atoms with Crippen LogP contribution in [0.15, 0.2) is 16.9 Å². The van der Waals surface area contributed by atoms with Gasteiger partial charge in [0.25, 0.3) is 5.56 Å². The molecule has 3 atom stereocenters. The molecule has 0 spiro atoms. The lowest BCUT2D eigenvalue weighted by Gasteiger charge is -2.31. The predicted octanol–water partition coefficient (Wildman–Crippen LogP) is 2.22. The van der Waals surface area contributed by atoms with E-state index in [-0.39, 0.29) is 68.1 Å². The molecule has 0 fully saturated rings. The summed E-state index contributed by atoms with van der Waals surface area (Å²) < 4.78 is 21.9. The molecule has 3 aromatic rings. The number of hydrogen-bond acceptors (Lipinski definition) is 8. The third-order valence-corrected chi connectivity index (χ3v) is 9.21. The summed E-state index contributed by atoms with van der Waals surface area (Å²) in [5.74, 6) is -1.76. The Hall–Kier alpha value is -4.16. The van der Waals surface area contributed by atoms with Crippen LogP contribution in [0, 0.1) is 12.7 Å². The number of ether oxygens (including phenoxy) is 1. The van der Waals surface area contributed by atoms with Crippen molar-refractivity contribution in [1.82, 2.24) is 19.8 Å². The minimum Gasteiger partial charge on any atom is -0.458 e. The van der Waals surface area contributed by atoms with Gasteiger partial charge in [-0.05, 0) is 55.9 Å². The first-order valence-electron chi connectivity index (χ1n) is 15.0. The number of hydrogen-bond donors (Lipinski definition) is 3. The number of rotatable bonds is 7.